The first-order valence-corrected chi connectivity index (χ1v) is 6.74. The summed E-state index contributed by atoms with van der Waals surface area (Å²) >= 11 is 9.60. The van der Waals surface area contributed by atoms with Crippen LogP contribution in [0, 0.1) is 5.41 Å². The van der Waals surface area contributed by atoms with Crippen molar-refractivity contribution in [3.63, 3.8) is 0 Å². The van der Waals surface area contributed by atoms with Gasteiger partial charge in [-0.25, -0.2) is 0 Å². The smallest absolute Gasteiger partial charge is 0.133 e. The summed E-state index contributed by atoms with van der Waals surface area (Å²) in [4.78, 5) is 1.96. The lowest BCUT2D eigenvalue weighted by atomic mass is 10.1. The van der Waals surface area contributed by atoms with E-state index in [1.807, 2.05) is 41.3 Å². The van der Waals surface area contributed by atoms with Crippen LogP contribution in [-0.4, -0.2) is 5.84 Å². The molecule has 1 aliphatic heterocycles. The third-order valence-corrected chi connectivity index (χ3v) is 4.47. The lowest BCUT2D eigenvalue weighted by Crippen LogP contribution is -2.23. The monoisotopic (exact) mass is 320 g/mol. The predicted molar refractivity (Wildman–Crippen MR) is 78.6 cm³/mol. The molecule has 2 nitrogen and oxygen atoms in total. The maximum atomic E-state index is 8.25. The fourth-order valence-corrected chi connectivity index (χ4v) is 2.84. The molecular weight excluding hydrogens is 312 g/mol. The van der Waals surface area contributed by atoms with Gasteiger partial charge in [0.05, 0.1) is 21.7 Å². The second-order valence-electron chi connectivity index (χ2n) is 4.16. The highest BCUT2D eigenvalue weighted by atomic mass is 79.9. The molecule has 0 radical (unpaired) electrons. The maximum absolute atomic E-state index is 8.25. The standard InChI is InChI=1S/C14H10BrClN2/c15-13-11(16)6-3-7-12(13)18-8-9-4-1-2-5-10(9)14(18)17/h1-7,17H,8H2. The van der Waals surface area contributed by atoms with Gasteiger partial charge in [0.2, 0.25) is 0 Å². The van der Waals surface area contributed by atoms with Crippen LogP contribution in [0.2, 0.25) is 5.02 Å². The zero-order chi connectivity index (χ0) is 12.7. The van der Waals surface area contributed by atoms with E-state index in [1.54, 1.807) is 0 Å². The molecule has 2 aromatic rings. The molecule has 0 atom stereocenters. The second-order valence-corrected chi connectivity index (χ2v) is 5.37. The zero-order valence-corrected chi connectivity index (χ0v) is 11.8. The van der Waals surface area contributed by atoms with Gasteiger partial charge in [-0.2, -0.15) is 0 Å². The van der Waals surface area contributed by atoms with Crippen molar-refractivity contribution in [1.29, 1.82) is 5.41 Å². The molecule has 1 aliphatic rings. The van der Waals surface area contributed by atoms with Crippen LogP contribution >= 0.6 is 27.5 Å². The molecule has 2 aromatic carbocycles. The van der Waals surface area contributed by atoms with Gasteiger partial charge in [0.1, 0.15) is 5.84 Å². The van der Waals surface area contributed by atoms with E-state index in [1.165, 1.54) is 5.56 Å². The first kappa shape index (κ1) is 11.8. The molecule has 0 fully saturated rings. The minimum atomic E-state index is 0.522. The summed E-state index contributed by atoms with van der Waals surface area (Å²) in [6, 6.07) is 13.7. The molecule has 0 bridgehead atoms. The molecule has 1 heterocycles. The van der Waals surface area contributed by atoms with Crippen molar-refractivity contribution >= 4 is 39.1 Å². The van der Waals surface area contributed by atoms with E-state index >= 15 is 0 Å². The van der Waals surface area contributed by atoms with Crippen molar-refractivity contribution in [2.24, 2.45) is 0 Å². The summed E-state index contributed by atoms with van der Waals surface area (Å²) in [6.07, 6.45) is 0. The molecule has 0 spiro atoms. The van der Waals surface area contributed by atoms with Crippen molar-refractivity contribution in [3.8, 4) is 0 Å². The second kappa shape index (κ2) is 4.41. The summed E-state index contributed by atoms with van der Waals surface area (Å²) in [5, 5.41) is 8.92. The van der Waals surface area contributed by atoms with Gasteiger partial charge in [-0.1, -0.05) is 41.9 Å². The molecule has 18 heavy (non-hydrogen) atoms. The summed E-state index contributed by atoms with van der Waals surface area (Å²) in [7, 11) is 0. The minimum Gasteiger partial charge on any atom is -0.321 e. The maximum Gasteiger partial charge on any atom is 0.133 e. The van der Waals surface area contributed by atoms with Crippen LogP contribution in [0.3, 0.4) is 0 Å². The number of benzene rings is 2. The Morgan fingerprint density at radius 2 is 1.89 bits per heavy atom. The molecule has 90 valence electrons. The third-order valence-electron chi connectivity index (χ3n) is 3.09. The van der Waals surface area contributed by atoms with Crippen LogP contribution < -0.4 is 4.90 Å². The molecule has 0 saturated heterocycles. The Morgan fingerprint density at radius 3 is 2.67 bits per heavy atom. The van der Waals surface area contributed by atoms with Crippen molar-refractivity contribution in [2.75, 3.05) is 4.90 Å². The van der Waals surface area contributed by atoms with E-state index in [0.29, 0.717) is 17.4 Å². The molecule has 4 heteroatoms. The fourth-order valence-electron chi connectivity index (χ4n) is 2.19. The lowest BCUT2D eigenvalue weighted by Gasteiger charge is -2.20. The van der Waals surface area contributed by atoms with Gasteiger partial charge >= 0.3 is 0 Å². The first-order chi connectivity index (χ1) is 8.68. The average Bonchev–Trinajstić information content (AvgIpc) is 2.71. The highest BCUT2D eigenvalue weighted by Gasteiger charge is 2.26. The van der Waals surface area contributed by atoms with Crippen LogP contribution in [0.5, 0.6) is 0 Å². The summed E-state index contributed by atoms with van der Waals surface area (Å²) < 4.78 is 0.837. The highest BCUT2D eigenvalue weighted by Crippen LogP contribution is 2.36. The molecule has 0 aromatic heterocycles. The van der Waals surface area contributed by atoms with Crippen molar-refractivity contribution in [2.45, 2.75) is 6.54 Å². The van der Waals surface area contributed by atoms with Gasteiger partial charge in [-0.05, 0) is 33.6 Å². The van der Waals surface area contributed by atoms with Crippen LogP contribution in [0.4, 0.5) is 5.69 Å². The van der Waals surface area contributed by atoms with Crippen molar-refractivity contribution in [1.82, 2.24) is 0 Å². The fraction of sp³-hybridized carbons (Fsp3) is 0.0714. The van der Waals surface area contributed by atoms with E-state index in [9.17, 15) is 0 Å². The molecule has 1 N–H and O–H groups in total. The predicted octanol–water partition coefficient (Wildman–Crippen LogP) is 4.45. The summed E-state index contributed by atoms with van der Waals surface area (Å²) in [5.41, 5.74) is 3.10. The third kappa shape index (κ3) is 1.74. The number of rotatable bonds is 1. The van der Waals surface area contributed by atoms with Gasteiger partial charge in [0, 0.05) is 5.56 Å². The van der Waals surface area contributed by atoms with Crippen LogP contribution in [-0.2, 0) is 6.54 Å². The van der Waals surface area contributed by atoms with E-state index in [-0.39, 0.29) is 0 Å². The van der Waals surface area contributed by atoms with Gasteiger partial charge in [0.15, 0.2) is 0 Å². The van der Waals surface area contributed by atoms with Crippen LogP contribution in [0.1, 0.15) is 11.1 Å². The SMILES string of the molecule is N=C1c2ccccc2CN1c1cccc(Cl)c1Br. The molecular formula is C14H10BrClN2. The summed E-state index contributed by atoms with van der Waals surface area (Å²) in [6.45, 7) is 0.716. The number of nitrogens with zero attached hydrogens (tertiary/aromatic N) is 1. The Morgan fingerprint density at radius 1 is 1.11 bits per heavy atom. The lowest BCUT2D eigenvalue weighted by molar-refractivity contribution is 1.04. The Balaban J connectivity index is 2.07. The van der Waals surface area contributed by atoms with Crippen molar-refractivity contribution < 1.29 is 0 Å². The number of amidine groups is 1. The number of fused-ring (bicyclic) bond motifs is 1. The number of halogens is 2. The van der Waals surface area contributed by atoms with Gasteiger partial charge in [0.25, 0.3) is 0 Å². The Kier molecular flexibility index (Phi) is 2.88. The number of anilines is 1. The number of hydrogen-bond donors (Lipinski definition) is 1. The molecule has 0 unspecified atom stereocenters. The highest BCUT2D eigenvalue weighted by molar-refractivity contribution is 9.10. The van der Waals surface area contributed by atoms with Gasteiger partial charge in [-0.15, -0.1) is 0 Å². The molecule has 0 saturated carbocycles. The molecule has 0 aliphatic carbocycles. The minimum absolute atomic E-state index is 0.522. The van der Waals surface area contributed by atoms with Gasteiger partial charge < -0.3 is 4.90 Å². The average molecular weight is 322 g/mol. The quantitative estimate of drug-likeness (QED) is 0.825. The number of hydrogen-bond acceptors (Lipinski definition) is 1. The molecule has 0 amide bonds. The summed E-state index contributed by atoms with van der Waals surface area (Å²) in [5.74, 6) is 0.522. The normalized spacial score (nSPS) is 13.9. The van der Waals surface area contributed by atoms with E-state index in [0.717, 1.165) is 15.7 Å². The van der Waals surface area contributed by atoms with E-state index < -0.39 is 0 Å². The Bertz CT molecular complexity index is 639. The Labute approximate surface area is 119 Å². The van der Waals surface area contributed by atoms with Crippen LogP contribution in [0.25, 0.3) is 0 Å². The van der Waals surface area contributed by atoms with Crippen LogP contribution in [0.15, 0.2) is 46.9 Å². The topological polar surface area (TPSA) is 27.1 Å². The number of nitrogens with one attached hydrogen (secondary N) is 1. The van der Waals surface area contributed by atoms with Crippen molar-refractivity contribution in [3.05, 3.63) is 63.1 Å². The van der Waals surface area contributed by atoms with Gasteiger partial charge in [-0.3, -0.25) is 5.41 Å². The Hall–Kier alpha value is -1.32. The van der Waals surface area contributed by atoms with E-state index in [2.05, 4.69) is 22.0 Å². The molecule has 3 rings (SSSR count). The first-order valence-electron chi connectivity index (χ1n) is 5.57. The largest absolute Gasteiger partial charge is 0.321 e. The van der Waals surface area contributed by atoms with E-state index in [4.69, 9.17) is 17.0 Å². The zero-order valence-electron chi connectivity index (χ0n) is 9.45.